The number of hydrogen-bond donors (Lipinski definition) is 3. The van der Waals surface area contributed by atoms with Gasteiger partial charge in [0.05, 0.1) is 6.42 Å². The van der Waals surface area contributed by atoms with Gasteiger partial charge >= 0.3 is 6.18 Å². The van der Waals surface area contributed by atoms with Crippen molar-refractivity contribution in [3.05, 3.63) is 0 Å². The maximum atomic E-state index is 11.8. The third-order valence-electron chi connectivity index (χ3n) is 2.73. The van der Waals surface area contributed by atoms with Gasteiger partial charge in [0.15, 0.2) is 0 Å². The predicted molar refractivity (Wildman–Crippen MR) is 53.2 cm³/mol. The maximum Gasteiger partial charge on any atom is 0.390 e. The minimum absolute atomic E-state index is 0.0819. The van der Waals surface area contributed by atoms with Crippen LogP contribution in [0.5, 0.6) is 0 Å². The molecule has 1 aliphatic carbocycles. The molecule has 0 heterocycles. The maximum absolute atomic E-state index is 11.8. The second-order valence-corrected chi connectivity index (χ2v) is 4.31. The van der Waals surface area contributed by atoms with Crippen LogP contribution in [0, 0.1) is 5.41 Å². The van der Waals surface area contributed by atoms with E-state index in [4.69, 9.17) is 10.9 Å². The Bertz CT molecular complexity index is 261. The number of alkyl halides is 3. The molecule has 0 atom stereocenters. The molecule has 0 aromatic rings. The molecular weight excluding hydrogens is 223 g/mol. The highest BCUT2D eigenvalue weighted by atomic mass is 19.4. The van der Waals surface area contributed by atoms with Crippen molar-refractivity contribution < 1.29 is 18.4 Å². The number of nitrogens with two attached hydrogens (primary N) is 1. The molecule has 1 saturated carbocycles. The van der Waals surface area contributed by atoms with Gasteiger partial charge in [-0.25, -0.2) is 0 Å². The first kappa shape index (κ1) is 13.1. The summed E-state index contributed by atoms with van der Waals surface area (Å²) in [5, 5.41) is 14.0. The fourth-order valence-corrected chi connectivity index (χ4v) is 1.60. The predicted octanol–water partition coefficient (Wildman–Crippen LogP) is 1.45. The highest BCUT2D eigenvalue weighted by molar-refractivity contribution is 5.80. The van der Waals surface area contributed by atoms with Crippen LogP contribution in [0.2, 0.25) is 0 Å². The normalized spacial score (nSPS) is 19.8. The highest BCUT2D eigenvalue weighted by Crippen LogP contribution is 2.48. The molecule has 94 valence electrons. The van der Waals surface area contributed by atoms with Gasteiger partial charge in [0.25, 0.3) is 0 Å². The summed E-state index contributed by atoms with van der Waals surface area (Å²) >= 11 is 0. The first-order valence-corrected chi connectivity index (χ1v) is 5.11. The summed E-state index contributed by atoms with van der Waals surface area (Å²) in [6.07, 6.45) is -2.70. The Kier molecular flexibility index (Phi) is 4.01. The van der Waals surface area contributed by atoms with E-state index in [2.05, 4.69) is 10.5 Å². The summed E-state index contributed by atoms with van der Waals surface area (Å²) in [7, 11) is 0. The van der Waals surface area contributed by atoms with E-state index in [0.29, 0.717) is 13.0 Å². The van der Waals surface area contributed by atoms with Gasteiger partial charge in [0, 0.05) is 19.5 Å². The lowest BCUT2D eigenvalue weighted by atomic mass is 10.0. The largest absolute Gasteiger partial charge is 0.409 e. The topological polar surface area (TPSA) is 70.6 Å². The Morgan fingerprint density at radius 2 is 2.06 bits per heavy atom. The average molecular weight is 239 g/mol. The molecule has 1 rings (SSSR count). The number of nitrogens with one attached hydrogen (secondary N) is 1. The number of hydrogen-bond acceptors (Lipinski definition) is 3. The van der Waals surface area contributed by atoms with Crippen molar-refractivity contribution in [2.24, 2.45) is 16.3 Å². The summed E-state index contributed by atoms with van der Waals surface area (Å²) in [6.45, 7) is 0.403. The average Bonchev–Trinajstić information content (AvgIpc) is 2.92. The number of oxime groups is 1. The number of amidine groups is 1. The summed E-state index contributed by atoms with van der Waals surface area (Å²) in [5.41, 5.74) is 5.27. The van der Waals surface area contributed by atoms with Crippen LogP contribution < -0.4 is 11.1 Å². The van der Waals surface area contributed by atoms with E-state index >= 15 is 0 Å². The first-order chi connectivity index (χ1) is 7.37. The number of rotatable bonds is 6. The van der Waals surface area contributed by atoms with Gasteiger partial charge < -0.3 is 16.3 Å². The Morgan fingerprint density at radius 1 is 1.44 bits per heavy atom. The lowest BCUT2D eigenvalue weighted by molar-refractivity contribution is -0.133. The number of nitrogens with zero attached hydrogens (tertiary/aromatic N) is 1. The molecule has 4 nitrogen and oxygen atoms in total. The summed E-state index contributed by atoms with van der Waals surface area (Å²) in [4.78, 5) is 0. The van der Waals surface area contributed by atoms with Crippen LogP contribution in [0.4, 0.5) is 13.2 Å². The molecule has 7 heteroatoms. The Hall–Kier alpha value is -0.980. The summed E-state index contributed by atoms with van der Waals surface area (Å²) in [5.74, 6) is 0.134. The van der Waals surface area contributed by atoms with Gasteiger partial charge in [-0.1, -0.05) is 5.16 Å². The van der Waals surface area contributed by atoms with Crippen molar-refractivity contribution >= 4 is 5.84 Å². The van der Waals surface area contributed by atoms with Gasteiger partial charge in [-0.05, 0) is 18.3 Å². The zero-order valence-corrected chi connectivity index (χ0v) is 8.85. The van der Waals surface area contributed by atoms with Crippen LogP contribution in [-0.4, -0.2) is 30.3 Å². The molecule has 1 aliphatic rings. The third kappa shape index (κ3) is 4.69. The van der Waals surface area contributed by atoms with Crippen molar-refractivity contribution in [1.29, 1.82) is 0 Å². The van der Waals surface area contributed by atoms with Crippen molar-refractivity contribution in [3.63, 3.8) is 0 Å². The van der Waals surface area contributed by atoms with E-state index in [1.807, 2.05) is 0 Å². The van der Waals surface area contributed by atoms with E-state index in [1.54, 1.807) is 0 Å². The van der Waals surface area contributed by atoms with E-state index < -0.39 is 12.6 Å². The van der Waals surface area contributed by atoms with Gasteiger partial charge in [-0.2, -0.15) is 13.2 Å². The monoisotopic (exact) mass is 239 g/mol. The van der Waals surface area contributed by atoms with Crippen LogP contribution >= 0.6 is 0 Å². The Morgan fingerprint density at radius 3 is 2.50 bits per heavy atom. The van der Waals surface area contributed by atoms with Gasteiger partial charge in [-0.15, -0.1) is 0 Å². The van der Waals surface area contributed by atoms with Crippen molar-refractivity contribution in [2.75, 3.05) is 13.1 Å². The number of halogens is 3. The minimum atomic E-state index is -4.12. The molecule has 0 unspecified atom stereocenters. The molecule has 0 aliphatic heterocycles. The van der Waals surface area contributed by atoms with Crippen molar-refractivity contribution in [2.45, 2.75) is 31.9 Å². The first-order valence-electron chi connectivity index (χ1n) is 5.11. The van der Waals surface area contributed by atoms with Crippen LogP contribution in [-0.2, 0) is 0 Å². The molecule has 0 aromatic carbocycles. The second kappa shape index (κ2) is 4.90. The summed E-state index contributed by atoms with van der Waals surface area (Å²) in [6, 6.07) is 0. The summed E-state index contributed by atoms with van der Waals surface area (Å²) < 4.78 is 35.5. The van der Waals surface area contributed by atoms with Crippen LogP contribution in [0.1, 0.15) is 25.7 Å². The van der Waals surface area contributed by atoms with Crippen LogP contribution in [0.25, 0.3) is 0 Å². The van der Waals surface area contributed by atoms with E-state index in [0.717, 1.165) is 12.8 Å². The van der Waals surface area contributed by atoms with E-state index in [9.17, 15) is 13.2 Å². The van der Waals surface area contributed by atoms with Gasteiger partial charge in [0.1, 0.15) is 5.84 Å². The molecule has 0 spiro atoms. The fraction of sp³-hybridized carbons (Fsp3) is 0.889. The Balaban J connectivity index is 2.18. The molecule has 4 N–H and O–H groups in total. The standard InChI is InChI=1S/C9H16F3N3O/c10-9(11,12)3-4-14-6-8(1-2-8)5-7(13)15-16/h14,16H,1-6H2,(H2,13,15). The molecule has 0 saturated heterocycles. The quantitative estimate of drug-likeness (QED) is 0.216. The molecule has 0 aromatic heterocycles. The lowest BCUT2D eigenvalue weighted by Gasteiger charge is -2.15. The minimum Gasteiger partial charge on any atom is -0.409 e. The van der Waals surface area contributed by atoms with Crippen molar-refractivity contribution in [3.8, 4) is 0 Å². The molecule has 1 fully saturated rings. The molecule has 16 heavy (non-hydrogen) atoms. The smallest absolute Gasteiger partial charge is 0.390 e. The molecular formula is C9H16F3N3O. The van der Waals surface area contributed by atoms with Gasteiger partial charge in [0.2, 0.25) is 0 Å². The highest BCUT2D eigenvalue weighted by Gasteiger charge is 2.43. The molecule has 0 bridgehead atoms. The SMILES string of the molecule is NC(CC1(CNCCC(F)(F)F)CC1)=NO. The fourth-order valence-electron chi connectivity index (χ4n) is 1.60. The van der Waals surface area contributed by atoms with Gasteiger partial charge in [-0.3, -0.25) is 0 Å². The van der Waals surface area contributed by atoms with E-state index in [1.165, 1.54) is 0 Å². The van der Waals surface area contributed by atoms with Crippen molar-refractivity contribution in [1.82, 2.24) is 5.32 Å². The van der Waals surface area contributed by atoms with Crippen LogP contribution in [0.15, 0.2) is 5.16 Å². The lowest BCUT2D eigenvalue weighted by Crippen LogP contribution is -2.30. The van der Waals surface area contributed by atoms with Crippen LogP contribution in [0.3, 0.4) is 0 Å². The third-order valence-corrected chi connectivity index (χ3v) is 2.73. The Labute approximate surface area is 91.7 Å². The second-order valence-electron chi connectivity index (χ2n) is 4.31. The zero-order chi connectivity index (χ0) is 12.2. The zero-order valence-electron chi connectivity index (χ0n) is 8.85. The van der Waals surface area contributed by atoms with E-state index in [-0.39, 0.29) is 17.8 Å². The molecule has 0 amide bonds. The molecule has 0 radical (unpaired) electrons.